The van der Waals surface area contributed by atoms with E-state index in [-0.39, 0.29) is 24.0 Å². The fourth-order valence-corrected chi connectivity index (χ4v) is 1.85. The van der Waals surface area contributed by atoms with Crippen LogP contribution < -0.4 is 11.1 Å². The van der Waals surface area contributed by atoms with Crippen molar-refractivity contribution >= 4 is 5.91 Å². The van der Waals surface area contributed by atoms with Crippen molar-refractivity contribution in [2.24, 2.45) is 11.7 Å². The monoisotopic (exact) mass is 214 g/mol. The number of nitrogens with two attached hydrogens (primary N) is 1. The molecule has 15 heavy (non-hydrogen) atoms. The Kier molecular flexibility index (Phi) is 5.05. The number of nitrogens with one attached hydrogen (secondary N) is 1. The van der Waals surface area contributed by atoms with Crippen LogP contribution in [0.2, 0.25) is 0 Å². The van der Waals surface area contributed by atoms with Crippen molar-refractivity contribution < 1.29 is 9.53 Å². The van der Waals surface area contributed by atoms with Crippen molar-refractivity contribution in [3.8, 4) is 0 Å². The van der Waals surface area contributed by atoms with Gasteiger partial charge in [0.2, 0.25) is 5.91 Å². The molecule has 0 spiro atoms. The normalized spacial score (nSPS) is 27.7. The third-order valence-corrected chi connectivity index (χ3v) is 2.77. The van der Waals surface area contributed by atoms with E-state index in [1.165, 1.54) is 0 Å². The second-order valence-electron chi connectivity index (χ2n) is 4.37. The largest absolute Gasteiger partial charge is 0.378 e. The summed E-state index contributed by atoms with van der Waals surface area (Å²) < 4.78 is 5.35. The predicted molar refractivity (Wildman–Crippen MR) is 59.4 cm³/mol. The highest BCUT2D eigenvalue weighted by Crippen LogP contribution is 2.18. The van der Waals surface area contributed by atoms with Crippen LogP contribution in [0.25, 0.3) is 0 Å². The summed E-state index contributed by atoms with van der Waals surface area (Å²) in [6.07, 6.45) is 3.05. The summed E-state index contributed by atoms with van der Waals surface area (Å²) in [6, 6.07) is 0.0821. The molecule has 3 N–H and O–H groups in total. The van der Waals surface area contributed by atoms with E-state index < -0.39 is 0 Å². The lowest BCUT2D eigenvalue weighted by Crippen LogP contribution is -2.40. The van der Waals surface area contributed by atoms with E-state index in [2.05, 4.69) is 12.2 Å². The first-order valence-electron chi connectivity index (χ1n) is 5.78. The zero-order valence-electron chi connectivity index (χ0n) is 9.66. The van der Waals surface area contributed by atoms with Crippen molar-refractivity contribution in [2.75, 3.05) is 13.2 Å². The topological polar surface area (TPSA) is 64.3 Å². The highest BCUT2D eigenvalue weighted by molar-refractivity contribution is 5.79. The minimum absolute atomic E-state index is 0.0221. The molecule has 1 aliphatic rings. The van der Waals surface area contributed by atoms with Crippen molar-refractivity contribution in [1.82, 2.24) is 5.32 Å². The Morgan fingerprint density at radius 2 is 2.40 bits per heavy atom. The molecule has 0 aromatic rings. The molecular weight excluding hydrogens is 192 g/mol. The van der Waals surface area contributed by atoms with Gasteiger partial charge >= 0.3 is 0 Å². The maximum Gasteiger partial charge on any atom is 0.225 e. The number of carbonyl (C=O) groups excluding carboxylic acids is 1. The zero-order chi connectivity index (χ0) is 11.3. The molecular formula is C11H22N2O2. The molecule has 1 rings (SSSR count). The number of hydrogen-bond donors (Lipinski definition) is 2. The summed E-state index contributed by atoms with van der Waals surface area (Å²) in [5, 5.41) is 2.89. The number of carbonyl (C=O) groups is 1. The molecule has 4 heteroatoms. The molecule has 0 aliphatic carbocycles. The fraction of sp³-hybridized carbons (Fsp3) is 0.909. The molecule has 1 fully saturated rings. The molecule has 4 nitrogen and oxygen atoms in total. The average Bonchev–Trinajstić information content (AvgIpc) is 2.62. The van der Waals surface area contributed by atoms with Gasteiger partial charge in [-0.15, -0.1) is 0 Å². The van der Waals surface area contributed by atoms with Gasteiger partial charge in [0.05, 0.1) is 18.6 Å². The molecule has 88 valence electrons. The first-order chi connectivity index (χ1) is 7.13. The van der Waals surface area contributed by atoms with Gasteiger partial charge in [-0.05, 0) is 19.8 Å². The summed E-state index contributed by atoms with van der Waals surface area (Å²) in [5.41, 5.74) is 5.81. The molecule has 0 aromatic carbocycles. The van der Waals surface area contributed by atoms with Gasteiger partial charge in [-0.3, -0.25) is 4.79 Å². The summed E-state index contributed by atoms with van der Waals surface area (Å²) in [6.45, 7) is 5.22. The van der Waals surface area contributed by atoms with Crippen molar-refractivity contribution in [3.63, 3.8) is 0 Å². The third-order valence-electron chi connectivity index (χ3n) is 2.77. The second-order valence-corrected chi connectivity index (χ2v) is 4.37. The lowest BCUT2D eigenvalue weighted by atomic mass is 10.1. The molecule has 0 aromatic heterocycles. The molecule has 0 bridgehead atoms. The number of hydrogen-bond acceptors (Lipinski definition) is 3. The highest BCUT2D eigenvalue weighted by atomic mass is 16.5. The molecule has 0 radical (unpaired) electrons. The Bertz CT molecular complexity index is 209. The first-order valence-corrected chi connectivity index (χ1v) is 5.78. The molecule has 1 aliphatic heterocycles. The van der Waals surface area contributed by atoms with Crippen LogP contribution in [0.4, 0.5) is 0 Å². The van der Waals surface area contributed by atoms with Crippen LogP contribution >= 0.6 is 0 Å². The van der Waals surface area contributed by atoms with Crippen LogP contribution in [0, 0.1) is 5.92 Å². The molecule has 3 atom stereocenters. The van der Waals surface area contributed by atoms with Gasteiger partial charge in [-0.25, -0.2) is 0 Å². The summed E-state index contributed by atoms with van der Waals surface area (Å²) >= 11 is 0. The Balaban J connectivity index is 2.18. The van der Waals surface area contributed by atoms with Gasteiger partial charge in [0.25, 0.3) is 0 Å². The van der Waals surface area contributed by atoms with E-state index in [1.54, 1.807) is 0 Å². The van der Waals surface area contributed by atoms with Crippen LogP contribution in [-0.4, -0.2) is 31.2 Å². The number of amides is 1. The highest BCUT2D eigenvalue weighted by Gasteiger charge is 2.27. The Morgan fingerprint density at radius 1 is 1.67 bits per heavy atom. The Labute approximate surface area is 91.5 Å². The molecule has 1 amide bonds. The van der Waals surface area contributed by atoms with Crippen LogP contribution in [0.15, 0.2) is 0 Å². The molecule has 3 unspecified atom stereocenters. The van der Waals surface area contributed by atoms with Gasteiger partial charge in [-0.1, -0.05) is 13.3 Å². The SMILES string of the molecule is CCCC(N)CNC(=O)C1COC(C)C1. The van der Waals surface area contributed by atoms with Crippen LogP contribution in [0.1, 0.15) is 33.1 Å². The summed E-state index contributed by atoms with van der Waals surface area (Å²) in [4.78, 5) is 11.7. The van der Waals surface area contributed by atoms with Crippen LogP contribution in [0.5, 0.6) is 0 Å². The Morgan fingerprint density at radius 3 is 2.93 bits per heavy atom. The van der Waals surface area contributed by atoms with Crippen LogP contribution in [0.3, 0.4) is 0 Å². The first kappa shape index (κ1) is 12.5. The minimum atomic E-state index is 0.0221. The van der Waals surface area contributed by atoms with Gasteiger partial charge < -0.3 is 15.8 Å². The van der Waals surface area contributed by atoms with Crippen molar-refractivity contribution in [3.05, 3.63) is 0 Å². The van der Waals surface area contributed by atoms with Crippen molar-refractivity contribution in [1.29, 1.82) is 0 Å². The fourth-order valence-electron chi connectivity index (χ4n) is 1.85. The van der Waals surface area contributed by atoms with E-state index in [9.17, 15) is 4.79 Å². The Hall–Kier alpha value is -0.610. The quantitative estimate of drug-likeness (QED) is 0.706. The third kappa shape index (κ3) is 4.18. The smallest absolute Gasteiger partial charge is 0.225 e. The average molecular weight is 214 g/mol. The second kappa shape index (κ2) is 6.08. The van der Waals surface area contributed by atoms with E-state index in [0.717, 1.165) is 19.3 Å². The minimum Gasteiger partial charge on any atom is -0.378 e. The van der Waals surface area contributed by atoms with E-state index >= 15 is 0 Å². The van der Waals surface area contributed by atoms with E-state index in [0.29, 0.717) is 13.2 Å². The van der Waals surface area contributed by atoms with Gasteiger partial charge in [-0.2, -0.15) is 0 Å². The van der Waals surface area contributed by atoms with Gasteiger partial charge in [0, 0.05) is 12.6 Å². The standard InChI is InChI=1S/C11H22N2O2/c1-3-4-10(12)6-13-11(14)9-5-8(2)15-7-9/h8-10H,3-7,12H2,1-2H3,(H,13,14). The lowest BCUT2D eigenvalue weighted by molar-refractivity contribution is -0.125. The van der Waals surface area contributed by atoms with Gasteiger partial charge in [0.15, 0.2) is 0 Å². The maximum atomic E-state index is 11.7. The zero-order valence-corrected chi connectivity index (χ0v) is 9.66. The predicted octanol–water partition coefficient (Wildman–Crippen LogP) is 0.655. The molecule has 1 saturated heterocycles. The van der Waals surface area contributed by atoms with Gasteiger partial charge in [0.1, 0.15) is 0 Å². The lowest BCUT2D eigenvalue weighted by Gasteiger charge is -2.13. The van der Waals surface area contributed by atoms with Crippen molar-refractivity contribution in [2.45, 2.75) is 45.3 Å². The van der Waals surface area contributed by atoms with E-state index in [1.807, 2.05) is 6.92 Å². The summed E-state index contributed by atoms with van der Waals surface area (Å²) in [7, 11) is 0. The number of rotatable bonds is 5. The van der Waals surface area contributed by atoms with Crippen LogP contribution in [-0.2, 0) is 9.53 Å². The number of ether oxygens (including phenoxy) is 1. The molecule has 0 saturated carbocycles. The van der Waals surface area contributed by atoms with E-state index in [4.69, 9.17) is 10.5 Å². The molecule has 1 heterocycles. The maximum absolute atomic E-state index is 11.7. The summed E-state index contributed by atoms with van der Waals surface area (Å²) in [5.74, 6) is 0.111.